The van der Waals surface area contributed by atoms with Gasteiger partial charge in [-0.25, -0.2) is 4.79 Å². The Labute approximate surface area is 119 Å². The van der Waals surface area contributed by atoms with Gasteiger partial charge in [-0.1, -0.05) is 0 Å². The summed E-state index contributed by atoms with van der Waals surface area (Å²) in [4.78, 5) is 54.6. The normalized spacial score (nSPS) is 12.8. The van der Waals surface area contributed by atoms with E-state index < -0.39 is 54.6 Å². The molecule has 0 radical (unpaired) electrons. The molecule has 2 amide bonds. The quantitative estimate of drug-likeness (QED) is 0.339. The summed E-state index contributed by atoms with van der Waals surface area (Å²) in [6.07, 6.45) is -1.58. The average molecular weight is 306 g/mol. The number of hydrogen-bond acceptors (Lipinski definition) is 5. The third-order valence-electron chi connectivity index (χ3n) is 2.33. The number of carboxylic acid groups (broad SMARTS) is 3. The van der Waals surface area contributed by atoms with Crippen molar-refractivity contribution in [1.82, 2.24) is 10.6 Å². The lowest BCUT2D eigenvalue weighted by Gasteiger charge is -2.19. The highest BCUT2D eigenvalue weighted by Crippen LogP contribution is 2.01. The molecular formula is C11H16N2O8. The van der Waals surface area contributed by atoms with E-state index in [1.165, 1.54) is 0 Å². The van der Waals surface area contributed by atoms with Crippen molar-refractivity contribution in [2.24, 2.45) is 0 Å². The molecule has 2 atom stereocenters. The Balaban J connectivity index is 4.80. The Hall–Kier alpha value is -2.65. The number of amides is 2. The summed E-state index contributed by atoms with van der Waals surface area (Å²) in [7, 11) is 0. The molecule has 10 nitrogen and oxygen atoms in total. The maximum Gasteiger partial charge on any atom is 0.326 e. The predicted octanol–water partition coefficient (Wildman–Crippen LogP) is -1.60. The lowest BCUT2D eigenvalue weighted by atomic mass is 10.2. The highest BCUT2D eigenvalue weighted by molar-refractivity contribution is 5.92. The Morgan fingerprint density at radius 1 is 1.10 bits per heavy atom. The molecule has 0 spiro atoms. The number of hydrogen-bond donors (Lipinski definition) is 5. The van der Waals surface area contributed by atoms with Crippen LogP contribution in [-0.2, 0) is 24.0 Å². The fraction of sp³-hybridized carbons (Fsp3) is 0.545. The molecule has 0 bridgehead atoms. The minimum atomic E-state index is -1.49. The minimum Gasteiger partial charge on any atom is -0.481 e. The van der Waals surface area contributed by atoms with Crippen LogP contribution >= 0.6 is 0 Å². The van der Waals surface area contributed by atoms with Gasteiger partial charge in [0.1, 0.15) is 12.1 Å². The molecule has 0 unspecified atom stereocenters. The van der Waals surface area contributed by atoms with Gasteiger partial charge in [0.05, 0.1) is 6.42 Å². The van der Waals surface area contributed by atoms with Crippen LogP contribution in [-0.4, -0.2) is 57.1 Å². The monoisotopic (exact) mass is 306 g/mol. The van der Waals surface area contributed by atoms with Gasteiger partial charge in [-0.15, -0.1) is 0 Å². The van der Waals surface area contributed by atoms with Crippen molar-refractivity contribution >= 4 is 29.7 Å². The molecule has 0 heterocycles. The van der Waals surface area contributed by atoms with Crippen molar-refractivity contribution in [3.05, 3.63) is 0 Å². The minimum absolute atomic E-state index is 0.365. The SMILES string of the molecule is CC(=O)N[C@@H](CC(=O)O)[14C](=O)N[C@@H](CCC(=O)O)C(=O)O. The third-order valence-corrected chi connectivity index (χ3v) is 2.33. The van der Waals surface area contributed by atoms with Gasteiger partial charge in [0.15, 0.2) is 0 Å². The molecule has 0 aliphatic carbocycles. The van der Waals surface area contributed by atoms with Gasteiger partial charge in [-0.05, 0) is 6.42 Å². The summed E-state index contributed by atoms with van der Waals surface area (Å²) in [5, 5.41) is 30.1. The number of carboxylic acids is 3. The second kappa shape index (κ2) is 8.51. The van der Waals surface area contributed by atoms with Crippen LogP contribution in [0.3, 0.4) is 0 Å². The Morgan fingerprint density at radius 2 is 1.67 bits per heavy atom. The molecular weight excluding hydrogens is 290 g/mol. The zero-order valence-corrected chi connectivity index (χ0v) is 11.2. The predicted molar refractivity (Wildman–Crippen MR) is 66.3 cm³/mol. The van der Waals surface area contributed by atoms with E-state index in [-0.39, 0.29) is 6.42 Å². The van der Waals surface area contributed by atoms with Crippen LogP contribution in [0.5, 0.6) is 0 Å². The lowest BCUT2D eigenvalue weighted by molar-refractivity contribution is -0.144. The molecule has 0 aromatic carbocycles. The van der Waals surface area contributed by atoms with E-state index in [0.29, 0.717) is 0 Å². The largest absolute Gasteiger partial charge is 0.481 e. The van der Waals surface area contributed by atoms with Crippen LogP contribution < -0.4 is 10.6 Å². The van der Waals surface area contributed by atoms with Gasteiger partial charge in [-0.2, -0.15) is 0 Å². The zero-order valence-electron chi connectivity index (χ0n) is 11.2. The summed E-state index contributed by atoms with van der Waals surface area (Å²) < 4.78 is 0. The smallest absolute Gasteiger partial charge is 0.326 e. The highest BCUT2D eigenvalue weighted by atomic mass is 16.4. The van der Waals surface area contributed by atoms with Gasteiger partial charge in [-0.3, -0.25) is 19.2 Å². The van der Waals surface area contributed by atoms with Crippen LogP contribution in [0, 0.1) is 0 Å². The van der Waals surface area contributed by atoms with Crippen LogP contribution in [0.4, 0.5) is 0 Å². The summed E-state index contributed by atoms with van der Waals surface area (Å²) >= 11 is 0. The highest BCUT2D eigenvalue weighted by Gasteiger charge is 2.27. The van der Waals surface area contributed by atoms with Gasteiger partial charge in [0, 0.05) is 13.3 Å². The first-order chi connectivity index (χ1) is 9.63. The van der Waals surface area contributed by atoms with E-state index >= 15 is 0 Å². The summed E-state index contributed by atoms with van der Waals surface area (Å²) in [5.74, 6) is -5.72. The van der Waals surface area contributed by atoms with Gasteiger partial charge in [0.2, 0.25) is 11.8 Å². The Bertz CT molecular complexity index is 432. The number of carbonyl (C=O) groups excluding carboxylic acids is 2. The number of aliphatic carboxylic acids is 3. The summed E-state index contributed by atoms with van der Waals surface area (Å²) in [6, 6.07) is -2.93. The van der Waals surface area contributed by atoms with Crippen molar-refractivity contribution in [3.63, 3.8) is 0 Å². The first kappa shape index (κ1) is 18.4. The first-order valence-corrected chi connectivity index (χ1v) is 5.87. The van der Waals surface area contributed by atoms with Crippen LogP contribution in [0.1, 0.15) is 26.2 Å². The molecule has 5 N–H and O–H groups in total. The second-order valence-electron chi connectivity index (χ2n) is 4.18. The van der Waals surface area contributed by atoms with E-state index in [0.717, 1.165) is 6.92 Å². The van der Waals surface area contributed by atoms with Gasteiger partial charge >= 0.3 is 17.9 Å². The van der Waals surface area contributed by atoms with E-state index in [4.69, 9.17) is 15.3 Å². The number of rotatable bonds is 9. The van der Waals surface area contributed by atoms with Crippen LogP contribution in [0.2, 0.25) is 0 Å². The third kappa shape index (κ3) is 8.18. The van der Waals surface area contributed by atoms with E-state index in [2.05, 4.69) is 5.32 Å². The molecule has 0 saturated heterocycles. The van der Waals surface area contributed by atoms with E-state index in [1.54, 1.807) is 0 Å². The molecule has 10 heteroatoms. The summed E-state index contributed by atoms with van der Waals surface area (Å²) in [5.41, 5.74) is 0. The molecule has 118 valence electrons. The molecule has 0 saturated carbocycles. The van der Waals surface area contributed by atoms with Crippen molar-refractivity contribution in [1.29, 1.82) is 0 Å². The number of carbonyl (C=O) groups is 5. The molecule has 0 fully saturated rings. The van der Waals surface area contributed by atoms with Crippen molar-refractivity contribution in [2.45, 2.75) is 38.3 Å². The lowest BCUT2D eigenvalue weighted by Crippen LogP contribution is -2.52. The van der Waals surface area contributed by atoms with E-state index in [1.807, 2.05) is 5.32 Å². The molecule has 0 aliphatic heterocycles. The van der Waals surface area contributed by atoms with Crippen molar-refractivity contribution in [3.8, 4) is 0 Å². The van der Waals surface area contributed by atoms with E-state index in [9.17, 15) is 24.0 Å². The second-order valence-corrected chi connectivity index (χ2v) is 4.18. The summed E-state index contributed by atoms with van der Waals surface area (Å²) in [6.45, 7) is 1.07. The molecule has 21 heavy (non-hydrogen) atoms. The maximum atomic E-state index is 11.8. The van der Waals surface area contributed by atoms with Gasteiger partial charge < -0.3 is 26.0 Å². The fourth-order valence-electron chi connectivity index (χ4n) is 1.43. The van der Waals surface area contributed by atoms with Crippen molar-refractivity contribution < 1.29 is 39.3 Å². The Kier molecular flexibility index (Phi) is 7.43. The topological polar surface area (TPSA) is 170 Å². The first-order valence-electron chi connectivity index (χ1n) is 5.87. The fourth-order valence-corrected chi connectivity index (χ4v) is 1.43. The molecule has 0 aromatic heterocycles. The number of nitrogens with one attached hydrogen (secondary N) is 2. The Morgan fingerprint density at radius 3 is 2.05 bits per heavy atom. The van der Waals surface area contributed by atoms with Crippen LogP contribution in [0.25, 0.3) is 0 Å². The standard InChI is InChI=1S/C11H16N2O8/c1-5(14)12-7(4-9(17)18)10(19)13-6(11(20)21)2-3-8(15)16/h6-7H,2-4H2,1H3,(H,12,14)(H,13,19)(H,15,16)(H,17,18)(H,20,21)/t6-,7-/m0/s1/i10+2. The maximum absolute atomic E-state index is 11.8. The molecule has 0 rings (SSSR count). The van der Waals surface area contributed by atoms with Crippen molar-refractivity contribution in [2.75, 3.05) is 0 Å². The molecule has 0 aromatic rings. The average Bonchev–Trinajstić information content (AvgIpc) is 2.31. The van der Waals surface area contributed by atoms with Gasteiger partial charge in [0.25, 0.3) is 0 Å². The van der Waals surface area contributed by atoms with Crippen LogP contribution in [0.15, 0.2) is 0 Å². The molecule has 0 aliphatic rings. The zero-order chi connectivity index (χ0) is 16.6.